The number of hydrogen-bond acceptors (Lipinski definition) is 6. The minimum atomic E-state index is -0.206. The van der Waals surface area contributed by atoms with Crippen molar-refractivity contribution in [1.29, 1.82) is 0 Å². The Hall–Kier alpha value is -2.70. The number of nitrogens with one attached hydrogen (secondary N) is 2. The molecule has 0 fully saturated rings. The summed E-state index contributed by atoms with van der Waals surface area (Å²) in [7, 11) is 1.73. The molecule has 0 aromatic carbocycles. The van der Waals surface area contributed by atoms with Gasteiger partial charge < -0.3 is 15.5 Å². The van der Waals surface area contributed by atoms with Gasteiger partial charge in [0, 0.05) is 50.8 Å². The molecule has 1 amide bonds. The Labute approximate surface area is 136 Å². The highest BCUT2D eigenvalue weighted by Gasteiger charge is 2.12. The van der Waals surface area contributed by atoms with Crippen LogP contribution in [0, 0.1) is 0 Å². The number of amides is 1. The molecule has 0 aliphatic carbocycles. The molecular formula is C16H22N6O. The van der Waals surface area contributed by atoms with Crippen LogP contribution in [0.2, 0.25) is 0 Å². The van der Waals surface area contributed by atoms with Gasteiger partial charge in [0.15, 0.2) is 0 Å². The van der Waals surface area contributed by atoms with Gasteiger partial charge in [0.2, 0.25) is 5.95 Å². The minimum absolute atomic E-state index is 0.206. The molecule has 23 heavy (non-hydrogen) atoms. The largest absolute Gasteiger partial charge is 0.357 e. The number of hydrogen-bond donors (Lipinski definition) is 2. The lowest BCUT2D eigenvalue weighted by Crippen LogP contribution is -2.28. The van der Waals surface area contributed by atoms with Crippen LogP contribution in [0.3, 0.4) is 0 Å². The zero-order valence-electron chi connectivity index (χ0n) is 13.7. The molecule has 0 unspecified atom stereocenters. The number of carbonyl (C=O) groups is 1. The van der Waals surface area contributed by atoms with Crippen molar-refractivity contribution in [1.82, 2.24) is 20.3 Å². The van der Waals surface area contributed by atoms with Gasteiger partial charge in [-0.1, -0.05) is 6.07 Å². The van der Waals surface area contributed by atoms with E-state index in [1.807, 2.05) is 12.1 Å². The Morgan fingerprint density at radius 3 is 2.48 bits per heavy atom. The van der Waals surface area contributed by atoms with Crippen molar-refractivity contribution in [3.05, 3.63) is 41.9 Å². The molecule has 0 spiro atoms. The highest BCUT2D eigenvalue weighted by Crippen LogP contribution is 2.16. The topological polar surface area (TPSA) is 83.0 Å². The van der Waals surface area contributed by atoms with Crippen molar-refractivity contribution in [2.75, 3.05) is 30.4 Å². The second kappa shape index (κ2) is 8.07. The van der Waals surface area contributed by atoms with Gasteiger partial charge in [-0.2, -0.15) is 0 Å². The first-order chi connectivity index (χ1) is 11.2. The van der Waals surface area contributed by atoms with Crippen molar-refractivity contribution in [2.24, 2.45) is 0 Å². The van der Waals surface area contributed by atoms with Crippen molar-refractivity contribution in [2.45, 2.75) is 20.4 Å². The van der Waals surface area contributed by atoms with E-state index in [1.165, 1.54) is 12.4 Å². The monoisotopic (exact) mass is 314 g/mol. The van der Waals surface area contributed by atoms with Gasteiger partial charge in [0.25, 0.3) is 5.91 Å². The molecule has 7 nitrogen and oxygen atoms in total. The molecule has 2 aromatic heterocycles. The van der Waals surface area contributed by atoms with Gasteiger partial charge in [-0.3, -0.25) is 4.79 Å². The van der Waals surface area contributed by atoms with Crippen LogP contribution in [-0.2, 0) is 6.54 Å². The number of rotatable bonds is 7. The fraction of sp³-hybridized carbons (Fsp3) is 0.375. The number of aromatic nitrogens is 3. The zero-order valence-corrected chi connectivity index (χ0v) is 13.7. The van der Waals surface area contributed by atoms with Crippen LogP contribution >= 0.6 is 0 Å². The van der Waals surface area contributed by atoms with Gasteiger partial charge in [0.1, 0.15) is 5.82 Å². The van der Waals surface area contributed by atoms with Crippen LogP contribution in [0.15, 0.2) is 30.7 Å². The molecule has 0 saturated heterocycles. The number of carbonyl (C=O) groups excluding carboxylic acids is 1. The average molecular weight is 314 g/mol. The third-order valence-corrected chi connectivity index (χ3v) is 3.51. The normalized spacial score (nSPS) is 10.2. The van der Waals surface area contributed by atoms with E-state index < -0.39 is 0 Å². The number of pyridine rings is 1. The van der Waals surface area contributed by atoms with Crippen molar-refractivity contribution >= 4 is 17.7 Å². The Morgan fingerprint density at radius 1 is 1.17 bits per heavy atom. The summed E-state index contributed by atoms with van der Waals surface area (Å²) < 4.78 is 0. The first-order valence-corrected chi connectivity index (χ1v) is 7.66. The predicted octanol–water partition coefficient (Wildman–Crippen LogP) is 1.69. The van der Waals surface area contributed by atoms with Crippen LogP contribution in [0.5, 0.6) is 0 Å². The van der Waals surface area contributed by atoms with E-state index in [4.69, 9.17) is 0 Å². The van der Waals surface area contributed by atoms with E-state index in [0.717, 1.165) is 24.5 Å². The molecular weight excluding hydrogens is 292 g/mol. The maximum absolute atomic E-state index is 12.2. The Balaban J connectivity index is 2.06. The fourth-order valence-corrected chi connectivity index (χ4v) is 2.23. The summed E-state index contributed by atoms with van der Waals surface area (Å²) in [6.45, 7) is 6.32. The summed E-state index contributed by atoms with van der Waals surface area (Å²) in [5, 5.41) is 5.71. The van der Waals surface area contributed by atoms with Gasteiger partial charge in [-0.25, -0.2) is 15.0 Å². The molecule has 2 N–H and O–H groups in total. The SMILES string of the molecule is CCN(CC)c1ncccc1CNC(=O)c1cnc(NC)nc1. The van der Waals surface area contributed by atoms with Gasteiger partial charge >= 0.3 is 0 Å². The minimum Gasteiger partial charge on any atom is -0.357 e. The van der Waals surface area contributed by atoms with E-state index >= 15 is 0 Å². The van der Waals surface area contributed by atoms with Crippen LogP contribution in [0.4, 0.5) is 11.8 Å². The Bertz CT molecular complexity index is 639. The molecule has 7 heteroatoms. The molecule has 2 rings (SSSR count). The lowest BCUT2D eigenvalue weighted by molar-refractivity contribution is 0.0950. The second-order valence-electron chi connectivity index (χ2n) is 4.89. The number of anilines is 2. The van der Waals surface area contributed by atoms with E-state index in [0.29, 0.717) is 18.1 Å². The maximum atomic E-state index is 12.2. The first-order valence-electron chi connectivity index (χ1n) is 7.66. The van der Waals surface area contributed by atoms with Gasteiger partial charge in [-0.05, 0) is 19.9 Å². The quantitative estimate of drug-likeness (QED) is 0.809. The van der Waals surface area contributed by atoms with Crippen LogP contribution in [0.1, 0.15) is 29.8 Å². The molecule has 0 atom stereocenters. The number of nitrogens with zero attached hydrogens (tertiary/aromatic N) is 4. The fourth-order valence-electron chi connectivity index (χ4n) is 2.23. The first kappa shape index (κ1) is 16.7. The summed E-state index contributed by atoms with van der Waals surface area (Å²) in [5.74, 6) is 1.18. The van der Waals surface area contributed by atoms with Crippen LogP contribution in [-0.4, -0.2) is 41.0 Å². The van der Waals surface area contributed by atoms with E-state index in [-0.39, 0.29) is 5.91 Å². The summed E-state index contributed by atoms with van der Waals surface area (Å²) >= 11 is 0. The highest BCUT2D eigenvalue weighted by atomic mass is 16.1. The van der Waals surface area contributed by atoms with Crippen molar-refractivity contribution in [3.8, 4) is 0 Å². The molecule has 0 saturated carbocycles. The Kier molecular flexibility index (Phi) is 5.85. The molecule has 2 aromatic rings. The van der Waals surface area contributed by atoms with Gasteiger partial charge in [-0.15, -0.1) is 0 Å². The highest BCUT2D eigenvalue weighted by molar-refractivity contribution is 5.93. The van der Waals surface area contributed by atoms with E-state index in [9.17, 15) is 4.79 Å². The summed E-state index contributed by atoms with van der Waals surface area (Å²) in [6.07, 6.45) is 4.77. The van der Waals surface area contributed by atoms with E-state index in [1.54, 1.807) is 13.2 Å². The molecule has 0 aliphatic heterocycles. The van der Waals surface area contributed by atoms with Crippen molar-refractivity contribution < 1.29 is 4.79 Å². The summed E-state index contributed by atoms with van der Waals surface area (Å²) in [5.41, 5.74) is 1.41. The van der Waals surface area contributed by atoms with Crippen LogP contribution in [0.25, 0.3) is 0 Å². The average Bonchev–Trinajstić information content (AvgIpc) is 2.61. The molecule has 0 aliphatic rings. The smallest absolute Gasteiger partial charge is 0.254 e. The lowest BCUT2D eigenvalue weighted by Gasteiger charge is -2.22. The zero-order chi connectivity index (χ0) is 16.7. The standard InChI is InChI=1S/C16H22N6O/c1-4-22(5-2)14-12(7-6-8-18-14)9-19-15(23)13-10-20-16(17-3)21-11-13/h6-8,10-11H,4-5,9H2,1-3H3,(H,19,23)(H,17,20,21). The molecule has 0 radical (unpaired) electrons. The summed E-state index contributed by atoms with van der Waals surface area (Å²) in [4.78, 5) is 26.9. The lowest BCUT2D eigenvalue weighted by atomic mass is 10.2. The predicted molar refractivity (Wildman–Crippen MR) is 90.5 cm³/mol. The molecule has 2 heterocycles. The van der Waals surface area contributed by atoms with Gasteiger partial charge in [0.05, 0.1) is 5.56 Å². The third-order valence-electron chi connectivity index (χ3n) is 3.51. The molecule has 0 bridgehead atoms. The Morgan fingerprint density at radius 2 is 1.87 bits per heavy atom. The third kappa shape index (κ3) is 4.15. The van der Waals surface area contributed by atoms with Crippen LogP contribution < -0.4 is 15.5 Å². The van der Waals surface area contributed by atoms with E-state index in [2.05, 4.69) is 44.3 Å². The van der Waals surface area contributed by atoms with Crippen molar-refractivity contribution in [3.63, 3.8) is 0 Å². The second-order valence-corrected chi connectivity index (χ2v) is 4.89. The molecule has 122 valence electrons. The maximum Gasteiger partial charge on any atom is 0.254 e. The summed E-state index contributed by atoms with van der Waals surface area (Å²) in [6, 6.07) is 3.85.